The van der Waals surface area contributed by atoms with Gasteiger partial charge in [0.2, 0.25) is 0 Å². The Morgan fingerprint density at radius 2 is 1.83 bits per heavy atom. The van der Waals surface area contributed by atoms with E-state index >= 15 is 0 Å². The van der Waals surface area contributed by atoms with Crippen molar-refractivity contribution < 1.29 is 14.2 Å². The minimum Gasteiger partial charge on any atom is -0.491 e. The van der Waals surface area contributed by atoms with E-state index in [1.54, 1.807) is 14.2 Å². The van der Waals surface area contributed by atoms with Crippen molar-refractivity contribution >= 4 is 0 Å². The van der Waals surface area contributed by atoms with Crippen molar-refractivity contribution in [1.29, 1.82) is 0 Å². The molecule has 0 heterocycles. The summed E-state index contributed by atoms with van der Waals surface area (Å²) in [6.07, 6.45) is 0.783. The van der Waals surface area contributed by atoms with Crippen molar-refractivity contribution in [2.45, 2.75) is 18.9 Å². The van der Waals surface area contributed by atoms with E-state index in [2.05, 4.69) is 0 Å². The van der Waals surface area contributed by atoms with Crippen LogP contribution in [0.4, 0.5) is 0 Å². The smallest absolute Gasteiger partial charge is 0.124 e. The Hall–Kier alpha value is -1.10. The second-order valence-electron chi connectivity index (χ2n) is 4.28. The molecule has 4 heteroatoms. The summed E-state index contributed by atoms with van der Waals surface area (Å²) in [5.74, 6) is 0.802. The lowest BCUT2D eigenvalue weighted by atomic mass is 9.88. The maximum Gasteiger partial charge on any atom is 0.124 e. The molecule has 0 aromatic heterocycles. The Labute approximate surface area is 109 Å². The van der Waals surface area contributed by atoms with E-state index in [0.29, 0.717) is 19.8 Å². The molecule has 0 saturated carbocycles. The van der Waals surface area contributed by atoms with Crippen LogP contribution in [0.15, 0.2) is 24.3 Å². The van der Waals surface area contributed by atoms with Gasteiger partial charge in [-0.25, -0.2) is 0 Å². The van der Waals surface area contributed by atoms with E-state index in [1.165, 1.54) is 0 Å². The van der Waals surface area contributed by atoms with Gasteiger partial charge < -0.3 is 19.9 Å². The molecule has 0 bridgehead atoms. The molecule has 4 nitrogen and oxygen atoms in total. The fourth-order valence-corrected chi connectivity index (χ4v) is 1.87. The second-order valence-corrected chi connectivity index (χ2v) is 4.28. The number of hydrogen-bond acceptors (Lipinski definition) is 4. The first-order valence-corrected chi connectivity index (χ1v) is 6.17. The zero-order chi connectivity index (χ0) is 13.4. The summed E-state index contributed by atoms with van der Waals surface area (Å²) in [4.78, 5) is 0. The quantitative estimate of drug-likeness (QED) is 0.719. The molecule has 0 aliphatic rings. The Bertz CT molecular complexity index is 357. The minimum atomic E-state index is -0.515. The lowest BCUT2D eigenvalue weighted by molar-refractivity contribution is 0.122. The predicted octanol–water partition coefficient (Wildman–Crippen LogP) is 1.92. The summed E-state index contributed by atoms with van der Waals surface area (Å²) >= 11 is 0. The number of benzene rings is 1. The molecule has 0 amide bonds. The fraction of sp³-hybridized carbons (Fsp3) is 0.571. The molecule has 1 atom stereocenters. The number of rotatable bonds is 8. The summed E-state index contributed by atoms with van der Waals surface area (Å²) in [7, 11) is 3.31. The third-order valence-corrected chi connectivity index (χ3v) is 3.00. The molecule has 1 aromatic rings. The van der Waals surface area contributed by atoms with E-state index in [9.17, 15) is 0 Å². The van der Waals surface area contributed by atoms with Crippen molar-refractivity contribution in [3.8, 4) is 5.75 Å². The molecule has 1 rings (SSSR count). The lowest BCUT2D eigenvalue weighted by Crippen LogP contribution is -2.41. The van der Waals surface area contributed by atoms with Crippen molar-refractivity contribution in [3.63, 3.8) is 0 Å². The molecule has 0 aliphatic carbocycles. The molecule has 18 heavy (non-hydrogen) atoms. The van der Waals surface area contributed by atoms with Gasteiger partial charge in [-0.1, -0.05) is 25.1 Å². The van der Waals surface area contributed by atoms with Gasteiger partial charge in [0.05, 0.1) is 18.8 Å². The van der Waals surface area contributed by atoms with E-state index in [0.717, 1.165) is 17.7 Å². The second kappa shape index (κ2) is 7.36. The Kier molecular flexibility index (Phi) is 6.12. The lowest BCUT2D eigenvalue weighted by Gasteiger charge is -2.29. The third kappa shape index (κ3) is 3.70. The molecule has 0 aliphatic heterocycles. The summed E-state index contributed by atoms with van der Waals surface area (Å²) in [6.45, 7) is 3.59. The summed E-state index contributed by atoms with van der Waals surface area (Å²) in [5.41, 5.74) is 6.86. The van der Waals surface area contributed by atoms with Gasteiger partial charge in [0.15, 0.2) is 0 Å². The number of nitrogens with two attached hydrogens (primary N) is 1. The predicted molar refractivity (Wildman–Crippen MR) is 71.8 cm³/mol. The Morgan fingerprint density at radius 1 is 1.11 bits per heavy atom. The zero-order valence-corrected chi connectivity index (χ0v) is 11.4. The first-order chi connectivity index (χ1) is 8.68. The highest BCUT2D eigenvalue weighted by Crippen LogP contribution is 2.30. The number of para-hydroxylation sites is 1. The largest absolute Gasteiger partial charge is 0.491 e. The Morgan fingerprint density at radius 3 is 2.44 bits per heavy atom. The number of hydrogen-bond donors (Lipinski definition) is 1. The van der Waals surface area contributed by atoms with Gasteiger partial charge in [0, 0.05) is 19.8 Å². The first-order valence-electron chi connectivity index (χ1n) is 6.17. The molecule has 1 aromatic carbocycles. The van der Waals surface area contributed by atoms with Gasteiger partial charge in [0.25, 0.3) is 0 Å². The summed E-state index contributed by atoms with van der Waals surface area (Å²) < 4.78 is 15.9. The summed E-state index contributed by atoms with van der Waals surface area (Å²) in [6, 6.07) is 7.82. The molecule has 2 N–H and O–H groups in total. The van der Waals surface area contributed by atoms with Gasteiger partial charge in [-0.2, -0.15) is 0 Å². The molecule has 1 unspecified atom stereocenters. The van der Waals surface area contributed by atoms with Crippen LogP contribution in [-0.4, -0.2) is 34.0 Å². The standard InChI is InChI=1S/C14H23NO3/c1-4-14(15,11-17-3)12-7-5-6-8-13(12)18-10-9-16-2/h5-8H,4,9-11,15H2,1-3H3. The zero-order valence-electron chi connectivity index (χ0n) is 11.4. The van der Waals surface area contributed by atoms with E-state index in [1.807, 2.05) is 31.2 Å². The normalized spacial score (nSPS) is 14.2. The van der Waals surface area contributed by atoms with E-state index in [-0.39, 0.29) is 0 Å². The van der Waals surface area contributed by atoms with Crippen LogP contribution in [0.2, 0.25) is 0 Å². The summed E-state index contributed by atoms with van der Waals surface area (Å²) in [5, 5.41) is 0. The van der Waals surface area contributed by atoms with Gasteiger partial charge in [-0.05, 0) is 12.5 Å². The monoisotopic (exact) mass is 253 g/mol. The van der Waals surface area contributed by atoms with E-state index in [4.69, 9.17) is 19.9 Å². The van der Waals surface area contributed by atoms with E-state index < -0.39 is 5.54 Å². The number of methoxy groups -OCH3 is 2. The van der Waals surface area contributed by atoms with Crippen LogP contribution in [0.3, 0.4) is 0 Å². The van der Waals surface area contributed by atoms with Crippen molar-refractivity contribution in [3.05, 3.63) is 29.8 Å². The maximum absolute atomic E-state index is 6.40. The van der Waals surface area contributed by atoms with Crippen molar-refractivity contribution in [2.75, 3.05) is 34.0 Å². The van der Waals surface area contributed by atoms with Gasteiger partial charge in [-0.15, -0.1) is 0 Å². The SMILES string of the molecule is CCC(N)(COC)c1ccccc1OCCOC. The third-order valence-electron chi connectivity index (χ3n) is 3.00. The van der Waals surface area contributed by atoms with Crippen LogP contribution in [0.25, 0.3) is 0 Å². The molecule has 0 fully saturated rings. The van der Waals surface area contributed by atoms with Crippen LogP contribution in [-0.2, 0) is 15.0 Å². The average molecular weight is 253 g/mol. The molecule has 0 saturated heterocycles. The molecule has 0 radical (unpaired) electrons. The van der Waals surface area contributed by atoms with Crippen molar-refractivity contribution in [2.24, 2.45) is 5.73 Å². The molecular formula is C14H23NO3. The molecule has 102 valence electrons. The minimum absolute atomic E-state index is 0.466. The fourth-order valence-electron chi connectivity index (χ4n) is 1.87. The van der Waals surface area contributed by atoms with Crippen LogP contribution in [0, 0.1) is 0 Å². The molecule has 0 spiro atoms. The number of ether oxygens (including phenoxy) is 3. The van der Waals surface area contributed by atoms with Gasteiger partial charge in [0.1, 0.15) is 12.4 Å². The highest BCUT2D eigenvalue weighted by Gasteiger charge is 2.28. The highest BCUT2D eigenvalue weighted by atomic mass is 16.5. The van der Waals surface area contributed by atoms with Crippen molar-refractivity contribution in [1.82, 2.24) is 0 Å². The van der Waals surface area contributed by atoms with Gasteiger partial charge in [-0.3, -0.25) is 0 Å². The Balaban J connectivity index is 2.91. The maximum atomic E-state index is 6.40. The van der Waals surface area contributed by atoms with Crippen LogP contribution < -0.4 is 10.5 Å². The highest BCUT2D eigenvalue weighted by molar-refractivity contribution is 5.39. The average Bonchev–Trinajstić information content (AvgIpc) is 2.40. The van der Waals surface area contributed by atoms with Crippen LogP contribution in [0.5, 0.6) is 5.75 Å². The topological polar surface area (TPSA) is 53.7 Å². The van der Waals surface area contributed by atoms with Crippen LogP contribution >= 0.6 is 0 Å². The van der Waals surface area contributed by atoms with Crippen LogP contribution in [0.1, 0.15) is 18.9 Å². The first kappa shape index (κ1) is 15.0. The van der Waals surface area contributed by atoms with Gasteiger partial charge >= 0.3 is 0 Å². The molecular weight excluding hydrogens is 230 g/mol.